The topological polar surface area (TPSA) is 45.2 Å². The molecular formula is C13H26N2O3. The van der Waals surface area contributed by atoms with Crippen molar-refractivity contribution < 1.29 is 14.6 Å². The van der Waals surface area contributed by atoms with Crippen LogP contribution in [0.2, 0.25) is 0 Å². The molecule has 0 aromatic heterocycles. The van der Waals surface area contributed by atoms with E-state index < -0.39 is 6.23 Å². The fourth-order valence-electron chi connectivity index (χ4n) is 2.55. The number of ether oxygens (including phenoxy) is 2. The molecule has 0 amide bonds. The summed E-state index contributed by atoms with van der Waals surface area (Å²) in [6.07, 6.45) is 1.95. The molecule has 0 bridgehead atoms. The summed E-state index contributed by atoms with van der Waals surface area (Å²) < 4.78 is 10.9. The lowest BCUT2D eigenvalue weighted by molar-refractivity contribution is -0.0981. The Kier molecular flexibility index (Phi) is 5.85. The van der Waals surface area contributed by atoms with Crippen molar-refractivity contribution in [1.82, 2.24) is 9.80 Å². The van der Waals surface area contributed by atoms with Crippen LogP contribution in [-0.2, 0) is 9.47 Å². The Balaban J connectivity index is 1.56. The number of hydrogen-bond acceptors (Lipinski definition) is 5. The molecule has 2 heterocycles. The van der Waals surface area contributed by atoms with E-state index in [-0.39, 0.29) is 0 Å². The molecule has 5 heteroatoms. The summed E-state index contributed by atoms with van der Waals surface area (Å²) in [4.78, 5) is 4.39. The van der Waals surface area contributed by atoms with Gasteiger partial charge in [0.15, 0.2) is 0 Å². The minimum absolute atomic E-state index is 0.423. The third kappa shape index (κ3) is 4.48. The van der Waals surface area contributed by atoms with Gasteiger partial charge in [-0.05, 0) is 38.9 Å². The molecule has 1 atom stereocenters. The van der Waals surface area contributed by atoms with Crippen LogP contribution in [0.4, 0.5) is 0 Å². The molecule has 5 nitrogen and oxygen atoms in total. The molecule has 0 aromatic rings. The van der Waals surface area contributed by atoms with Crippen molar-refractivity contribution in [3.05, 3.63) is 0 Å². The van der Waals surface area contributed by atoms with Crippen LogP contribution >= 0.6 is 0 Å². The van der Waals surface area contributed by atoms with E-state index in [2.05, 4.69) is 11.9 Å². The largest absolute Gasteiger partial charge is 0.379 e. The molecule has 2 aliphatic heterocycles. The lowest BCUT2D eigenvalue weighted by Crippen LogP contribution is -2.45. The van der Waals surface area contributed by atoms with Crippen molar-refractivity contribution in [1.29, 1.82) is 0 Å². The minimum Gasteiger partial charge on any atom is -0.379 e. The van der Waals surface area contributed by atoms with Gasteiger partial charge in [-0.3, -0.25) is 4.90 Å². The van der Waals surface area contributed by atoms with Crippen LogP contribution in [0.5, 0.6) is 0 Å². The normalized spacial score (nSPS) is 26.3. The molecule has 106 valence electrons. The monoisotopic (exact) mass is 258 g/mol. The second-order valence-electron chi connectivity index (χ2n) is 5.41. The molecule has 2 aliphatic rings. The molecule has 1 unspecified atom stereocenters. The molecule has 2 fully saturated rings. The summed E-state index contributed by atoms with van der Waals surface area (Å²) in [5, 5.41) is 9.98. The van der Waals surface area contributed by atoms with Gasteiger partial charge in [0.05, 0.1) is 19.8 Å². The zero-order valence-electron chi connectivity index (χ0n) is 11.4. The highest BCUT2D eigenvalue weighted by Crippen LogP contribution is 2.16. The minimum atomic E-state index is -0.472. The van der Waals surface area contributed by atoms with E-state index in [0.29, 0.717) is 25.7 Å². The molecule has 0 aliphatic carbocycles. The smallest absolute Gasteiger partial charge is 0.131 e. The first kappa shape index (κ1) is 14.2. The number of aliphatic hydroxyl groups excluding tert-OH is 1. The van der Waals surface area contributed by atoms with Crippen LogP contribution in [0, 0.1) is 5.92 Å². The maximum atomic E-state index is 9.98. The zero-order chi connectivity index (χ0) is 12.8. The Labute approximate surface area is 110 Å². The van der Waals surface area contributed by atoms with E-state index >= 15 is 0 Å². The van der Waals surface area contributed by atoms with Crippen LogP contribution in [0.3, 0.4) is 0 Å². The highest BCUT2D eigenvalue weighted by atomic mass is 16.5. The summed E-state index contributed by atoms with van der Waals surface area (Å²) in [6, 6.07) is 0. The second-order valence-corrected chi connectivity index (χ2v) is 5.41. The first-order valence-corrected chi connectivity index (χ1v) is 7.02. The summed E-state index contributed by atoms with van der Waals surface area (Å²) >= 11 is 0. The van der Waals surface area contributed by atoms with E-state index in [4.69, 9.17) is 9.47 Å². The summed E-state index contributed by atoms with van der Waals surface area (Å²) in [7, 11) is 2.17. The van der Waals surface area contributed by atoms with Crippen LogP contribution in [-0.4, -0.2) is 80.8 Å². The highest BCUT2D eigenvalue weighted by molar-refractivity contribution is 4.70. The Morgan fingerprint density at radius 2 is 1.89 bits per heavy atom. The van der Waals surface area contributed by atoms with Gasteiger partial charge < -0.3 is 19.5 Å². The third-order valence-electron chi connectivity index (χ3n) is 3.93. The summed E-state index contributed by atoms with van der Waals surface area (Å²) in [6.45, 7) is 6.58. The van der Waals surface area contributed by atoms with Crippen molar-refractivity contribution in [3.63, 3.8) is 0 Å². The number of piperidine rings is 1. The van der Waals surface area contributed by atoms with Gasteiger partial charge in [-0.1, -0.05) is 0 Å². The van der Waals surface area contributed by atoms with Crippen LogP contribution in [0.25, 0.3) is 0 Å². The van der Waals surface area contributed by atoms with Crippen molar-refractivity contribution in [3.8, 4) is 0 Å². The van der Waals surface area contributed by atoms with Crippen LogP contribution < -0.4 is 0 Å². The van der Waals surface area contributed by atoms with Gasteiger partial charge in [-0.25, -0.2) is 0 Å². The van der Waals surface area contributed by atoms with E-state index in [0.717, 1.165) is 19.7 Å². The van der Waals surface area contributed by atoms with E-state index in [9.17, 15) is 5.11 Å². The molecule has 0 radical (unpaired) electrons. The van der Waals surface area contributed by atoms with Crippen molar-refractivity contribution in [2.24, 2.45) is 5.92 Å². The number of aliphatic hydroxyl groups is 1. The maximum Gasteiger partial charge on any atom is 0.131 e. The van der Waals surface area contributed by atoms with Gasteiger partial charge in [0.1, 0.15) is 6.23 Å². The number of rotatable bonds is 5. The average Bonchev–Trinajstić information content (AvgIpc) is 2.42. The van der Waals surface area contributed by atoms with Crippen LogP contribution in [0.1, 0.15) is 12.8 Å². The predicted molar refractivity (Wildman–Crippen MR) is 69.4 cm³/mol. The fourth-order valence-corrected chi connectivity index (χ4v) is 2.55. The molecular weight excluding hydrogens is 232 g/mol. The molecule has 18 heavy (non-hydrogen) atoms. The van der Waals surface area contributed by atoms with E-state index in [1.54, 1.807) is 0 Å². The van der Waals surface area contributed by atoms with E-state index in [1.807, 2.05) is 4.90 Å². The molecule has 2 saturated heterocycles. The standard InChI is InChI=1S/C13H26N2O3/c1-14-4-2-12(3-5-14)10-18-11-13(16)15-6-8-17-9-7-15/h12-13,16H,2-11H2,1H3. The Morgan fingerprint density at radius 1 is 1.22 bits per heavy atom. The SMILES string of the molecule is CN1CCC(COCC(O)N2CCOCC2)CC1. The quantitative estimate of drug-likeness (QED) is 0.752. The lowest BCUT2D eigenvalue weighted by Gasteiger charge is -2.32. The molecule has 1 N–H and O–H groups in total. The van der Waals surface area contributed by atoms with Gasteiger partial charge in [0.2, 0.25) is 0 Å². The second kappa shape index (κ2) is 7.40. The lowest BCUT2D eigenvalue weighted by atomic mass is 9.98. The Bertz CT molecular complexity index is 226. The zero-order valence-corrected chi connectivity index (χ0v) is 11.4. The van der Waals surface area contributed by atoms with Crippen molar-refractivity contribution >= 4 is 0 Å². The van der Waals surface area contributed by atoms with Gasteiger partial charge >= 0.3 is 0 Å². The van der Waals surface area contributed by atoms with Gasteiger partial charge in [-0.2, -0.15) is 0 Å². The van der Waals surface area contributed by atoms with Crippen molar-refractivity contribution in [2.45, 2.75) is 19.1 Å². The maximum absolute atomic E-state index is 9.98. The third-order valence-corrected chi connectivity index (χ3v) is 3.93. The van der Waals surface area contributed by atoms with Gasteiger partial charge in [-0.15, -0.1) is 0 Å². The average molecular weight is 258 g/mol. The Hall–Kier alpha value is -0.200. The van der Waals surface area contributed by atoms with Crippen molar-refractivity contribution in [2.75, 3.05) is 59.7 Å². The van der Waals surface area contributed by atoms with Gasteiger partial charge in [0.25, 0.3) is 0 Å². The summed E-state index contributed by atoms with van der Waals surface area (Å²) in [5.74, 6) is 0.665. The molecule has 0 aromatic carbocycles. The van der Waals surface area contributed by atoms with E-state index in [1.165, 1.54) is 25.9 Å². The van der Waals surface area contributed by atoms with Crippen LogP contribution in [0.15, 0.2) is 0 Å². The number of nitrogens with zero attached hydrogens (tertiary/aromatic N) is 2. The van der Waals surface area contributed by atoms with Gasteiger partial charge in [0, 0.05) is 19.7 Å². The first-order chi connectivity index (χ1) is 8.75. The molecule has 2 rings (SSSR count). The fraction of sp³-hybridized carbons (Fsp3) is 1.00. The molecule has 0 spiro atoms. The molecule has 0 saturated carbocycles. The number of likely N-dealkylation sites (tertiary alicyclic amines) is 1. The predicted octanol–water partition coefficient (Wildman–Crippen LogP) is -0.00460. The highest BCUT2D eigenvalue weighted by Gasteiger charge is 2.20. The summed E-state index contributed by atoms with van der Waals surface area (Å²) in [5.41, 5.74) is 0. The first-order valence-electron chi connectivity index (χ1n) is 7.02. The number of hydrogen-bond donors (Lipinski definition) is 1. The number of morpholine rings is 1. The Morgan fingerprint density at radius 3 is 2.56 bits per heavy atom.